The Bertz CT molecular complexity index is 392. The molecule has 2 rings (SSSR count). The van der Waals surface area contributed by atoms with E-state index in [2.05, 4.69) is 30.4 Å². The third-order valence-electron chi connectivity index (χ3n) is 3.60. The van der Waals surface area contributed by atoms with E-state index in [1.165, 1.54) is 11.1 Å². The third-order valence-corrected chi connectivity index (χ3v) is 3.60. The summed E-state index contributed by atoms with van der Waals surface area (Å²) < 4.78 is 10.7. The van der Waals surface area contributed by atoms with Gasteiger partial charge in [0.1, 0.15) is 5.75 Å². The van der Waals surface area contributed by atoms with Gasteiger partial charge in [-0.25, -0.2) is 0 Å². The number of methoxy groups -OCH3 is 1. The zero-order valence-corrected chi connectivity index (χ0v) is 12.1. The van der Waals surface area contributed by atoms with Crippen LogP contribution in [0.4, 0.5) is 0 Å². The Morgan fingerprint density at radius 3 is 3.11 bits per heavy atom. The smallest absolute Gasteiger partial charge is 0.122 e. The van der Waals surface area contributed by atoms with Crippen molar-refractivity contribution in [3.05, 3.63) is 29.3 Å². The maximum Gasteiger partial charge on any atom is 0.122 e. The van der Waals surface area contributed by atoms with E-state index in [1.54, 1.807) is 7.11 Å². The minimum absolute atomic E-state index is 0.431. The molecule has 0 fully saturated rings. The van der Waals surface area contributed by atoms with Crippen LogP contribution in [0, 0.1) is 0 Å². The number of hydrogen-bond acceptors (Lipinski definition) is 3. The van der Waals surface area contributed by atoms with E-state index >= 15 is 0 Å². The quantitative estimate of drug-likeness (QED) is 0.731. The molecule has 0 amide bonds. The van der Waals surface area contributed by atoms with Crippen molar-refractivity contribution < 1.29 is 9.47 Å². The van der Waals surface area contributed by atoms with Crippen molar-refractivity contribution in [1.82, 2.24) is 5.32 Å². The predicted octanol–water partition coefficient (Wildman–Crippen LogP) is 3.09. The van der Waals surface area contributed by atoms with Gasteiger partial charge >= 0.3 is 0 Å². The summed E-state index contributed by atoms with van der Waals surface area (Å²) in [6.07, 6.45) is 4.41. The fourth-order valence-electron chi connectivity index (χ4n) is 2.56. The molecule has 0 saturated heterocycles. The number of nitrogens with one attached hydrogen (secondary N) is 1. The molecule has 1 aliphatic rings. The Kier molecular flexibility index (Phi) is 5.67. The molecule has 1 N–H and O–H groups in total. The summed E-state index contributed by atoms with van der Waals surface area (Å²) in [7, 11) is 1.77. The van der Waals surface area contributed by atoms with Crippen LogP contribution in [0.1, 0.15) is 43.4 Å². The summed E-state index contributed by atoms with van der Waals surface area (Å²) in [6.45, 7) is 4.93. The van der Waals surface area contributed by atoms with Crippen LogP contribution in [0.3, 0.4) is 0 Å². The molecule has 3 heteroatoms. The van der Waals surface area contributed by atoms with Crippen molar-refractivity contribution >= 4 is 0 Å². The molecule has 1 aromatic carbocycles. The van der Waals surface area contributed by atoms with Crippen LogP contribution in [-0.4, -0.2) is 26.9 Å². The normalized spacial score (nSPS) is 15.1. The van der Waals surface area contributed by atoms with Crippen LogP contribution in [0.25, 0.3) is 0 Å². The maximum atomic E-state index is 5.57. The van der Waals surface area contributed by atoms with Crippen molar-refractivity contribution in [2.24, 2.45) is 0 Å². The molecule has 0 spiro atoms. The van der Waals surface area contributed by atoms with Crippen molar-refractivity contribution in [2.75, 3.05) is 26.9 Å². The first kappa shape index (κ1) is 14.4. The maximum absolute atomic E-state index is 5.57. The van der Waals surface area contributed by atoms with Crippen LogP contribution >= 0.6 is 0 Å². The molecule has 1 atom stereocenters. The first-order valence-electron chi connectivity index (χ1n) is 7.33. The predicted molar refractivity (Wildman–Crippen MR) is 77.8 cm³/mol. The van der Waals surface area contributed by atoms with Gasteiger partial charge in [-0.05, 0) is 43.0 Å². The van der Waals surface area contributed by atoms with Gasteiger partial charge in [0.15, 0.2) is 0 Å². The molecule has 19 heavy (non-hydrogen) atoms. The van der Waals surface area contributed by atoms with Crippen LogP contribution in [0.5, 0.6) is 5.75 Å². The van der Waals surface area contributed by atoms with Crippen molar-refractivity contribution in [3.63, 3.8) is 0 Å². The van der Waals surface area contributed by atoms with Crippen molar-refractivity contribution in [1.29, 1.82) is 0 Å². The van der Waals surface area contributed by atoms with Gasteiger partial charge in [0.05, 0.1) is 6.61 Å². The van der Waals surface area contributed by atoms with E-state index in [9.17, 15) is 0 Å². The van der Waals surface area contributed by atoms with E-state index in [0.29, 0.717) is 6.04 Å². The second kappa shape index (κ2) is 7.51. The topological polar surface area (TPSA) is 30.5 Å². The number of fused-ring (bicyclic) bond motifs is 1. The monoisotopic (exact) mass is 263 g/mol. The summed E-state index contributed by atoms with van der Waals surface area (Å²) in [5.74, 6) is 1.06. The van der Waals surface area contributed by atoms with E-state index < -0.39 is 0 Å². The molecule has 1 heterocycles. The average molecular weight is 263 g/mol. The van der Waals surface area contributed by atoms with Gasteiger partial charge in [0.25, 0.3) is 0 Å². The number of rotatable bonds is 8. The lowest BCUT2D eigenvalue weighted by atomic mass is 9.99. The van der Waals surface area contributed by atoms with Crippen molar-refractivity contribution in [3.8, 4) is 5.75 Å². The minimum atomic E-state index is 0.431. The summed E-state index contributed by atoms with van der Waals surface area (Å²) >= 11 is 0. The SMILES string of the molecule is CCCNC(CCCOC)c1ccc2c(c1)CCO2. The van der Waals surface area contributed by atoms with Gasteiger partial charge in [0.2, 0.25) is 0 Å². The van der Waals surface area contributed by atoms with Gasteiger partial charge < -0.3 is 14.8 Å². The highest BCUT2D eigenvalue weighted by molar-refractivity contribution is 5.40. The zero-order valence-electron chi connectivity index (χ0n) is 12.1. The Labute approximate surface area is 116 Å². The van der Waals surface area contributed by atoms with Crippen molar-refractivity contribution in [2.45, 2.75) is 38.6 Å². The molecule has 1 aromatic rings. The Hall–Kier alpha value is -1.06. The molecule has 3 nitrogen and oxygen atoms in total. The Morgan fingerprint density at radius 2 is 2.32 bits per heavy atom. The first-order chi connectivity index (χ1) is 9.35. The van der Waals surface area contributed by atoms with Crippen LogP contribution in [0.2, 0.25) is 0 Å². The Morgan fingerprint density at radius 1 is 1.42 bits per heavy atom. The molecular weight excluding hydrogens is 238 g/mol. The second-order valence-corrected chi connectivity index (χ2v) is 5.11. The van der Waals surface area contributed by atoms with E-state index in [4.69, 9.17) is 9.47 Å². The van der Waals surface area contributed by atoms with E-state index in [1.807, 2.05) is 0 Å². The Balaban J connectivity index is 2.03. The van der Waals surface area contributed by atoms with E-state index in [0.717, 1.165) is 51.2 Å². The lowest BCUT2D eigenvalue weighted by Crippen LogP contribution is -2.22. The standard InChI is InChI=1S/C16H25NO2/c1-3-9-17-15(5-4-10-18-2)13-6-7-16-14(12-13)8-11-19-16/h6-7,12,15,17H,3-5,8-11H2,1-2H3. The number of ether oxygens (including phenoxy) is 2. The molecule has 0 bridgehead atoms. The second-order valence-electron chi connectivity index (χ2n) is 5.11. The molecule has 0 radical (unpaired) electrons. The summed E-state index contributed by atoms with van der Waals surface area (Å²) in [4.78, 5) is 0. The first-order valence-corrected chi connectivity index (χ1v) is 7.33. The lowest BCUT2D eigenvalue weighted by molar-refractivity contribution is 0.188. The summed E-state index contributed by atoms with van der Waals surface area (Å²) in [6, 6.07) is 7.06. The van der Waals surface area contributed by atoms with Crippen LogP contribution < -0.4 is 10.1 Å². The molecule has 1 unspecified atom stereocenters. The highest BCUT2D eigenvalue weighted by Crippen LogP contribution is 2.29. The summed E-state index contributed by atoms with van der Waals surface area (Å²) in [5.41, 5.74) is 2.74. The van der Waals surface area contributed by atoms with Crippen LogP contribution in [0.15, 0.2) is 18.2 Å². The van der Waals surface area contributed by atoms with Gasteiger partial charge in [-0.15, -0.1) is 0 Å². The van der Waals surface area contributed by atoms with E-state index in [-0.39, 0.29) is 0 Å². The van der Waals surface area contributed by atoms with Crippen LogP contribution in [-0.2, 0) is 11.2 Å². The number of benzene rings is 1. The average Bonchev–Trinajstić information content (AvgIpc) is 2.90. The fraction of sp³-hybridized carbons (Fsp3) is 0.625. The molecule has 0 aliphatic carbocycles. The number of hydrogen-bond donors (Lipinski definition) is 1. The summed E-state index contributed by atoms with van der Waals surface area (Å²) in [5, 5.41) is 3.64. The minimum Gasteiger partial charge on any atom is -0.493 e. The van der Waals surface area contributed by atoms with Gasteiger partial charge in [-0.3, -0.25) is 0 Å². The highest BCUT2D eigenvalue weighted by Gasteiger charge is 2.16. The van der Waals surface area contributed by atoms with Gasteiger partial charge in [0, 0.05) is 26.2 Å². The zero-order chi connectivity index (χ0) is 13.5. The molecule has 106 valence electrons. The third kappa shape index (κ3) is 3.95. The lowest BCUT2D eigenvalue weighted by Gasteiger charge is -2.19. The fourth-order valence-corrected chi connectivity index (χ4v) is 2.56. The van der Waals surface area contributed by atoms with Gasteiger partial charge in [-0.1, -0.05) is 19.1 Å². The largest absolute Gasteiger partial charge is 0.493 e. The molecule has 1 aliphatic heterocycles. The molecule has 0 saturated carbocycles. The highest BCUT2D eigenvalue weighted by atomic mass is 16.5. The molecular formula is C16H25NO2. The van der Waals surface area contributed by atoms with Gasteiger partial charge in [-0.2, -0.15) is 0 Å². The molecule has 0 aromatic heterocycles.